The van der Waals surface area contributed by atoms with Crippen molar-refractivity contribution in [2.24, 2.45) is 5.73 Å². The maximum atomic E-state index is 5.60. The molecule has 0 spiro atoms. The third kappa shape index (κ3) is 2.87. The predicted molar refractivity (Wildman–Crippen MR) is 69.9 cm³/mol. The Morgan fingerprint density at radius 3 is 3.11 bits per heavy atom. The molecular weight excluding hydrogens is 228 g/mol. The molecule has 0 aliphatic carbocycles. The van der Waals surface area contributed by atoms with Crippen LogP contribution in [0.25, 0.3) is 5.82 Å². The molecule has 2 aromatic rings. The Labute approximate surface area is 107 Å². The molecule has 2 heterocycles. The molecule has 0 atom stereocenters. The molecule has 2 aromatic heterocycles. The molecule has 0 aliphatic heterocycles. The SMILES string of the molecule is CCCOc1cnn(-c2ncccc2CCN)c1. The summed E-state index contributed by atoms with van der Waals surface area (Å²) in [6.07, 6.45) is 7.07. The Morgan fingerprint density at radius 2 is 2.33 bits per heavy atom. The summed E-state index contributed by atoms with van der Waals surface area (Å²) in [5, 5.41) is 4.27. The monoisotopic (exact) mass is 246 g/mol. The largest absolute Gasteiger partial charge is 0.490 e. The number of ether oxygens (including phenoxy) is 1. The second-order valence-electron chi connectivity index (χ2n) is 3.99. The van der Waals surface area contributed by atoms with Crippen LogP contribution in [0.5, 0.6) is 5.75 Å². The summed E-state index contributed by atoms with van der Waals surface area (Å²) < 4.78 is 7.25. The van der Waals surface area contributed by atoms with Crippen molar-refractivity contribution >= 4 is 0 Å². The number of hydrogen-bond acceptors (Lipinski definition) is 4. The number of rotatable bonds is 6. The van der Waals surface area contributed by atoms with Gasteiger partial charge in [0.1, 0.15) is 0 Å². The van der Waals surface area contributed by atoms with Crippen molar-refractivity contribution in [3.8, 4) is 11.6 Å². The molecule has 0 fully saturated rings. The van der Waals surface area contributed by atoms with E-state index in [2.05, 4.69) is 17.0 Å². The molecule has 0 amide bonds. The number of aromatic nitrogens is 3. The molecule has 2 rings (SSSR count). The summed E-state index contributed by atoms with van der Waals surface area (Å²) in [6.45, 7) is 3.37. The van der Waals surface area contributed by atoms with Gasteiger partial charge in [0.25, 0.3) is 0 Å². The molecule has 0 aliphatic rings. The molecule has 0 unspecified atom stereocenters. The average molecular weight is 246 g/mol. The first-order valence-electron chi connectivity index (χ1n) is 6.17. The van der Waals surface area contributed by atoms with Crippen LogP contribution in [0.4, 0.5) is 0 Å². The van der Waals surface area contributed by atoms with E-state index in [0.29, 0.717) is 13.2 Å². The van der Waals surface area contributed by atoms with Gasteiger partial charge in [-0.15, -0.1) is 0 Å². The van der Waals surface area contributed by atoms with Crippen molar-refractivity contribution in [1.82, 2.24) is 14.8 Å². The molecule has 0 radical (unpaired) electrons. The molecular formula is C13H18N4O. The van der Waals surface area contributed by atoms with Crippen LogP contribution in [0.2, 0.25) is 0 Å². The number of nitrogens with two attached hydrogens (primary N) is 1. The van der Waals surface area contributed by atoms with Gasteiger partial charge in [-0.25, -0.2) is 9.67 Å². The predicted octanol–water partition coefficient (Wildman–Crippen LogP) is 1.56. The number of nitrogens with zero attached hydrogens (tertiary/aromatic N) is 3. The van der Waals surface area contributed by atoms with Gasteiger partial charge in [0.2, 0.25) is 0 Å². The van der Waals surface area contributed by atoms with Crippen molar-refractivity contribution in [2.45, 2.75) is 19.8 Å². The molecule has 2 N–H and O–H groups in total. The van der Waals surface area contributed by atoms with E-state index in [1.165, 1.54) is 0 Å². The zero-order valence-electron chi connectivity index (χ0n) is 10.5. The first-order chi connectivity index (χ1) is 8.85. The molecule has 5 nitrogen and oxygen atoms in total. The van der Waals surface area contributed by atoms with Crippen molar-refractivity contribution < 1.29 is 4.74 Å². The zero-order valence-corrected chi connectivity index (χ0v) is 10.5. The molecule has 0 aromatic carbocycles. The molecule has 0 bridgehead atoms. The molecule has 0 saturated carbocycles. The standard InChI is InChI=1S/C13H18N4O/c1-2-8-18-12-9-16-17(10-12)13-11(5-6-14)4-3-7-15-13/h3-4,7,9-10H,2,5-6,8,14H2,1H3. The van der Waals surface area contributed by atoms with Gasteiger partial charge >= 0.3 is 0 Å². The van der Waals surface area contributed by atoms with Gasteiger partial charge in [-0.2, -0.15) is 5.10 Å². The zero-order chi connectivity index (χ0) is 12.8. The van der Waals surface area contributed by atoms with E-state index < -0.39 is 0 Å². The third-order valence-corrected chi connectivity index (χ3v) is 2.53. The van der Waals surface area contributed by atoms with Crippen molar-refractivity contribution in [2.75, 3.05) is 13.2 Å². The van der Waals surface area contributed by atoms with Crippen molar-refractivity contribution in [3.05, 3.63) is 36.3 Å². The fourth-order valence-electron chi connectivity index (χ4n) is 1.70. The van der Waals surface area contributed by atoms with Crippen LogP contribution in [-0.2, 0) is 6.42 Å². The fraction of sp³-hybridized carbons (Fsp3) is 0.385. The van der Waals surface area contributed by atoms with E-state index in [1.807, 2.05) is 18.3 Å². The minimum Gasteiger partial charge on any atom is -0.490 e. The molecule has 5 heteroatoms. The van der Waals surface area contributed by atoms with E-state index in [-0.39, 0.29) is 0 Å². The van der Waals surface area contributed by atoms with Crippen LogP contribution in [0.3, 0.4) is 0 Å². The Bertz CT molecular complexity index is 495. The van der Waals surface area contributed by atoms with E-state index in [1.54, 1.807) is 17.1 Å². The highest BCUT2D eigenvalue weighted by Gasteiger charge is 2.07. The van der Waals surface area contributed by atoms with E-state index >= 15 is 0 Å². The first kappa shape index (κ1) is 12.6. The second-order valence-corrected chi connectivity index (χ2v) is 3.99. The summed E-state index contributed by atoms with van der Waals surface area (Å²) in [7, 11) is 0. The maximum absolute atomic E-state index is 5.60. The third-order valence-electron chi connectivity index (χ3n) is 2.53. The summed E-state index contributed by atoms with van der Waals surface area (Å²) in [6, 6.07) is 3.93. The summed E-state index contributed by atoms with van der Waals surface area (Å²) >= 11 is 0. The lowest BCUT2D eigenvalue weighted by molar-refractivity contribution is 0.317. The Kier molecular flexibility index (Phi) is 4.30. The Balaban J connectivity index is 2.22. The number of pyridine rings is 1. The highest BCUT2D eigenvalue weighted by Crippen LogP contribution is 2.15. The Hall–Kier alpha value is -1.88. The van der Waals surface area contributed by atoms with Crippen LogP contribution in [0, 0.1) is 0 Å². The lowest BCUT2D eigenvalue weighted by atomic mass is 10.2. The normalized spacial score (nSPS) is 10.6. The van der Waals surface area contributed by atoms with Crippen molar-refractivity contribution in [1.29, 1.82) is 0 Å². The Morgan fingerprint density at radius 1 is 1.44 bits per heavy atom. The van der Waals surface area contributed by atoms with Crippen LogP contribution in [0.1, 0.15) is 18.9 Å². The average Bonchev–Trinajstić information content (AvgIpc) is 2.86. The quantitative estimate of drug-likeness (QED) is 0.840. The van der Waals surface area contributed by atoms with Crippen LogP contribution >= 0.6 is 0 Å². The van der Waals surface area contributed by atoms with Gasteiger partial charge in [0.15, 0.2) is 11.6 Å². The molecule has 18 heavy (non-hydrogen) atoms. The van der Waals surface area contributed by atoms with Gasteiger partial charge in [0, 0.05) is 6.20 Å². The minimum atomic E-state index is 0.596. The highest BCUT2D eigenvalue weighted by atomic mass is 16.5. The van der Waals surface area contributed by atoms with Gasteiger partial charge in [0.05, 0.1) is 19.0 Å². The van der Waals surface area contributed by atoms with Gasteiger partial charge in [-0.05, 0) is 31.0 Å². The van der Waals surface area contributed by atoms with Crippen LogP contribution in [0.15, 0.2) is 30.7 Å². The lowest BCUT2D eigenvalue weighted by Crippen LogP contribution is -2.08. The lowest BCUT2D eigenvalue weighted by Gasteiger charge is -2.06. The first-order valence-corrected chi connectivity index (χ1v) is 6.17. The molecule has 96 valence electrons. The summed E-state index contributed by atoms with van der Waals surface area (Å²) in [5.74, 6) is 1.58. The van der Waals surface area contributed by atoms with Gasteiger partial charge < -0.3 is 10.5 Å². The van der Waals surface area contributed by atoms with Crippen molar-refractivity contribution in [3.63, 3.8) is 0 Å². The minimum absolute atomic E-state index is 0.596. The smallest absolute Gasteiger partial charge is 0.157 e. The summed E-state index contributed by atoms with van der Waals surface area (Å²) in [4.78, 5) is 4.35. The van der Waals surface area contributed by atoms with Gasteiger partial charge in [-0.1, -0.05) is 13.0 Å². The highest BCUT2D eigenvalue weighted by molar-refractivity contribution is 5.34. The topological polar surface area (TPSA) is 66.0 Å². The second kappa shape index (κ2) is 6.16. The van der Waals surface area contributed by atoms with E-state index in [4.69, 9.17) is 10.5 Å². The molecule has 0 saturated heterocycles. The van der Waals surface area contributed by atoms with Crippen LogP contribution in [-0.4, -0.2) is 27.9 Å². The van der Waals surface area contributed by atoms with E-state index in [9.17, 15) is 0 Å². The summed E-state index contributed by atoms with van der Waals surface area (Å²) in [5.41, 5.74) is 6.68. The van der Waals surface area contributed by atoms with E-state index in [0.717, 1.165) is 30.0 Å². The fourth-order valence-corrected chi connectivity index (χ4v) is 1.70. The maximum Gasteiger partial charge on any atom is 0.157 e. The van der Waals surface area contributed by atoms with Crippen LogP contribution < -0.4 is 10.5 Å². The number of hydrogen-bond donors (Lipinski definition) is 1. The van der Waals surface area contributed by atoms with Gasteiger partial charge in [-0.3, -0.25) is 0 Å².